The number of benzene rings is 3. The molecule has 0 saturated carbocycles. The lowest BCUT2D eigenvalue weighted by molar-refractivity contribution is -0.148. The van der Waals surface area contributed by atoms with E-state index in [0.717, 1.165) is 16.9 Å². The SMILES string of the molecule is COc1ccc([Si](C)(C)[C@@H]2[C@@H](CC(=O)N(CCO)Cc3ccccc3)O[C@]3(C(=O)Nc4ccc(OC)cc43)[C@H]2C)cc1. The molecule has 9 heteroatoms. The molecule has 4 atom stereocenters. The third-order valence-corrected chi connectivity index (χ3v) is 13.5. The van der Waals surface area contributed by atoms with Crippen molar-refractivity contribution >= 4 is 30.8 Å². The van der Waals surface area contributed by atoms with Gasteiger partial charge >= 0.3 is 0 Å². The predicted molar refractivity (Wildman–Crippen MR) is 165 cm³/mol. The third kappa shape index (κ3) is 5.21. The Balaban J connectivity index is 1.55. The van der Waals surface area contributed by atoms with Gasteiger partial charge < -0.3 is 29.5 Å². The van der Waals surface area contributed by atoms with Crippen LogP contribution in [-0.2, 0) is 26.5 Å². The molecule has 0 unspecified atom stereocenters. The molecule has 0 radical (unpaired) electrons. The molecule has 1 fully saturated rings. The van der Waals surface area contributed by atoms with Crippen molar-refractivity contribution in [3.63, 3.8) is 0 Å². The lowest BCUT2D eigenvalue weighted by Crippen LogP contribution is -2.52. The Morgan fingerprint density at radius 3 is 2.33 bits per heavy atom. The van der Waals surface area contributed by atoms with Crippen LogP contribution >= 0.6 is 0 Å². The number of methoxy groups -OCH3 is 2. The number of aliphatic hydroxyl groups excluding tert-OH is 1. The average molecular weight is 589 g/mol. The minimum Gasteiger partial charge on any atom is -0.497 e. The van der Waals surface area contributed by atoms with Crippen LogP contribution in [0.2, 0.25) is 18.6 Å². The van der Waals surface area contributed by atoms with Crippen LogP contribution in [0.25, 0.3) is 0 Å². The summed E-state index contributed by atoms with van der Waals surface area (Å²) in [4.78, 5) is 29.5. The summed E-state index contributed by atoms with van der Waals surface area (Å²) in [6.07, 6.45) is -0.418. The Morgan fingerprint density at radius 2 is 1.69 bits per heavy atom. The van der Waals surface area contributed by atoms with Gasteiger partial charge in [0.1, 0.15) is 11.5 Å². The zero-order chi connectivity index (χ0) is 30.1. The second-order valence-electron chi connectivity index (χ2n) is 11.8. The summed E-state index contributed by atoms with van der Waals surface area (Å²) in [7, 11) is 0.867. The first kappa shape index (κ1) is 29.8. The Labute approximate surface area is 248 Å². The zero-order valence-electron chi connectivity index (χ0n) is 24.9. The molecule has 1 saturated heterocycles. The van der Waals surface area contributed by atoms with E-state index in [2.05, 4.69) is 37.5 Å². The van der Waals surface area contributed by atoms with Crippen molar-refractivity contribution in [2.24, 2.45) is 5.92 Å². The molecular formula is C33H40N2O6Si. The van der Waals surface area contributed by atoms with Crippen molar-refractivity contribution in [3.05, 3.63) is 83.9 Å². The van der Waals surface area contributed by atoms with Gasteiger partial charge in [0.15, 0.2) is 5.60 Å². The number of nitrogens with zero attached hydrogens (tertiary/aromatic N) is 1. The highest BCUT2D eigenvalue weighted by Crippen LogP contribution is 2.59. The van der Waals surface area contributed by atoms with Gasteiger partial charge in [-0.3, -0.25) is 9.59 Å². The van der Waals surface area contributed by atoms with Gasteiger partial charge in [-0.05, 0) is 41.4 Å². The lowest BCUT2D eigenvalue weighted by Gasteiger charge is -2.37. The normalized spacial score (nSPS) is 23.0. The number of ether oxygens (including phenoxy) is 3. The Kier molecular flexibility index (Phi) is 8.46. The summed E-state index contributed by atoms with van der Waals surface area (Å²) in [5, 5.41) is 14.0. The molecule has 2 amide bonds. The van der Waals surface area contributed by atoms with Crippen molar-refractivity contribution < 1.29 is 28.9 Å². The molecule has 3 aromatic rings. The molecular weight excluding hydrogens is 548 g/mol. The van der Waals surface area contributed by atoms with E-state index in [1.807, 2.05) is 60.7 Å². The number of nitrogens with one attached hydrogen (secondary N) is 1. The van der Waals surface area contributed by atoms with Gasteiger partial charge in [-0.25, -0.2) is 0 Å². The molecule has 1 spiro atoms. The monoisotopic (exact) mass is 588 g/mol. The number of amides is 2. The Hall–Kier alpha value is -3.66. The number of carbonyl (C=O) groups excluding carboxylic acids is 2. The molecule has 8 nitrogen and oxygen atoms in total. The molecule has 0 aliphatic carbocycles. The van der Waals surface area contributed by atoms with Gasteiger partial charge in [-0.1, -0.05) is 67.7 Å². The molecule has 0 aromatic heterocycles. The maximum atomic E-state index is 13.9. The first-order valence-electron chi connectivity index (χ1n) is 14.4. The fourth-order valence-electron chi connectivity index (χ4n) is 6.96. The molecule has 2 aliphatic rings. The van der Waals surface area contributed by atoms with Crippen molar-refractivity contribution in [1.29, 1.82) is 0 Å². The summed E-state index contributed by atoms with van der Waals surface area (Å²) in [5.74, 6) is 0.859. The van der Waals surface area contributed by atoms with Gasteiger partial charge in [-0.15, -0.1) is 0 Å². The van der Waals surface area contributed by atoms with Crippen LogP contribution in [0.15, 0.2) is 72.8 Å². The molecule has 3 aromatic carbocycles. The summed E-state index contributed by atoms with van der Waals surface area (Å²) < 4.78 is 17.8. The van der Waals surface area contributed by atoms with Crippen molar-refractivity contribution in [2.45, 2.75) is 50.2 Å². The van der Waals surface area contributed by atoms with Gasteiger partial charge in [0, 0.05) is 30.3 Å². The fourth-order valence-corrected chi connectivity index (χ4v) is 11.0. The van der Waals surface area contributed by atoms with E-state index in [4.69, 9.17) is 14.2 Å². The smallest absolute Gasteiger partial charge is 0.261 e. The van der Waals surface area contributed by atoms with Crippen LogP contribution in [0.3, 0.4) is 0 Å². The summed E-state index contributed by atoms with van der Waals surface area (Å²) in [5.41, 5.74) is 1.10. The van der Waals surface area contributed by atoms with Gasteiger partial charge in [0.05, 0.1) is 41.4 Å². The standard InChI is InChI=1S/C33H40N2O6Si/c1-22-31(42(4,5)26-14-11-24(39-2)12-15-26)29(20-30(37)35(17-18-36)21-23-9-7-6-8-10-23)41-33(22)27-19-25(40-3)13-16-28(27)34-32(33)38/h6-16,19,22,29,31,36H,17-18,20-21H2,1-5H3,(H,34,38)/t22-,29+,31-,33+/m0/s1. The summed E-state index contributed by atoms with van der Waals surface area (Å²) in [6, 6.07) is 23.4. The van der Waals surface area contributed by atoms with E-state index in [9.17, 15) is 14.7 Å². The van der Waals surface area contributed by atoms with Crippen LogP contribution in [-0.4, -0.2) is 63.4 Å². The number of hydrogen-bond acceptors (Lipinski definition) is 6. The molecule has 42 heavy (non-hydrogen) atoms. The van der Waals surface area contributed by atoms with Crippen LogP contribution < -0.4 is 20.0 Å². The number of rotatable bonds is 10. The van der Waals surface area contributed by atoms with Crippen molar-refractivity contribution in [2.75, 3.05) is 32.7 Å². The maximum Gasteiger partial charge on any atom is 0.261 e. The van der Waals surface area contributed by atoms with Crippen LogP contribution in [0.4, 0.5) is 5.69 Å². The van der Waals surface area contributed by atoms with Crippen molar-refractivity contribution in [3.8, 4) is 11.5 Å². The van der Waals surface area contributed by atoms with Gasteiger partial charge in [-0.2, -0.15) is 0 Å². The number of aliphatic hydroxyl groups is 1. The van der Waals surface area contributed by atoms with Crippen LogP contribution in [0.5, 0.6) is 11.5 Å². The fraction of sp³-hybridized carbons (Fsp3) is 0.394. The first-order valence-corrected chi connectivity index (χ1v) is 17.5. The minimum absolute atomic E-state index is 0.0783. The third-order valence-electron chi connectivity index (χ3n) is 9.11. The number of carbonyl (C=O) groups is 2. The summed E-state index contributed by atoms with van der Waals surface area (Å²) in [6.45, 7) is 7.10. The van der Waals surface area contributed by atoms with Gasteiger partial charge in [0.2, 0.25) is 5.91 Å². The second-order valence-corrected chi connectivity index (χ2v) is 16.4. The summed E-state index contributed by atoms with van der Waals surface area (Å²) >= 11 is 0. The molecule has 2 aliphatic heterocycles. The maximum absolute atomic E-state index is 13.9. The van der Waals surface area contributed by atoms with Crippen LogP contribution in [0.1, 0.15) is 24.5 Å². The number of fused-ring (bicyclic) bond motifs is 2. The second kappa shape index (κ2) is 11.9. The van der Waals surface area contributed by atoms with Crippen molar-refractivity contribution in [1.82, 2.24) is 4.90 Å². The van der Waals surface area contributed by atoms with Crippen LogP contribution in [0, 0.1) is 5.92 Å². The average Bonchev–Trinajstić information content (AvgIpc) is 3.45. The van der Waals surface area contributed by atoms with E-state index in [1.54, 1.807) is 19.1 Å². The highest BCUT2D eigenvalue weighted by molar-refractivity contribution is 6.91. The first-order chi connectivity index (χ1) is 20.1. The largest absolute Gasteiger partial charge is 0.497 e. The minimum atomic E-state index is -2.38. The van der Waals surface area contributed by atoms with E-state index >= 15 is 0 Å². The lowest BCUT2D eigenvalue weighted by atomic mass is 9.82. The Bertz CT molecular complexity index is 1430. The molecule has 222 valence electrons. The highest BCUT2D eigenvalue weighted by atomic mass is 28.3. The highest BCUT2D eigenvalue weighted by Gasteiger charge is 2.65. The van der Waals surface area contributed by atoms with E-state index in [0.29, 0.717) is 18.0 Å². The topological polar surface area (TPSA) is 97.3 Å². The van der Waals surface area contributed by atoms with E-state index in [1.165, 1.54) is 5.19 Å². The Morgan fingerprint density at radius 1 is 1.02 bits per heavy atom. The van der Waals surface area contributed by atoms with E-state index < -0.39 is 19.8 Å². The number of anilines is 1. The molecule has 5 rings (SSSR count). The molecule has 2 N–H and O–H groups in total. The number of hydrogen-bond donors (Lipinski definition) is 2. The molecule has 2 heterocycles. The van der Waals surface area contributed by atoms with Gasteiger partial charge in [0.25, 0.3) is 5.91 Å². The zero-order valence-corrected chi connectivity index (χ0v) is 25.9. The molecule has 0 bridgehead atoms. The van der Waals surface area contributed by atoms with E-state index in [-0.39, 0.29) is 42.8 Å². The quantitative estimate of drug-likeness (QED) is 0.343. The predicted octanol–water partition coefficient (Wildman–Crippen LogP) is 4.28.